The molecule has 39 heavy (non-hydrogen) atoms. The maximum absolute atomic E-state index is 14.2. The highest BCUT2D eigenvalue weighted by Crippen LogP contribution is 2.24. The third-order valence-corrected chi connectivity index (χ3v) is 6.51. The van der Waals surface area contributed by atoms with Gasteiger partial charge in [0.05, 0.1) is 28.9 Å². The molecule has 1 N–H and O–H groups in total. The summed E-state index contributed by atoms with van der Waals surface area (Å²) in [5.41, 5.74) is 5.79. The highest BCUT2D eigenvalue weighted by atomic mass is 19.1. The van der Waals surface area contributed by atoms with Crippen LogP contribution in [-0.4, -0.2) is 39.3 Å². The Hall–Kier alpha value is -4.56. The van der Waals surface area contributed by atoms with Crippen LogP contribution in [0, 0.1) is 12.7 Å². The monoisotopic (exact) mass is 525 g/mol. The molecule has 198 valence electrons. The Morgan fingerprint density at radius 1 is 1.00 bits per heavy atom. The van der Waals surface area contributed by atoms with Crippen LogP contribution in [0.2, 0.25) is 0 Å². The first kappa shape index (κ1) is 26.1. The van der Waals surface area contributed by atoms with E-state index >= 15 is 0 Å². The lowest BCUT2D eigenvalue weighted by Gasteiger charge is -2.10. The Balaban J connectivity index is 1.33. The Morgan fingerprint density at radius 2 is 1.82 bits per heavy atom. The number of methoxy groups -OCH3 is 1. The Bertz CT molecular complexity index is 1630. The molecular weight excluding hydrogens is 497 g/mol. The first-order valence-corrected chi connectivity index (χ1v) is 12.6. The minimum Gasteiger partial charge on any atom is -0.478 e. The van der Waals surface area contributed by atoms with E-state index in [0.29, 0.717) is 31.0 Å². The molecule has 0 spiro atoms. The van der Waals surface area contributed by atoms with Crippen molar-refractivity contribution in [3.8, 4) is 17.1 Å². The molecule has 0 unspecified atom stereocenters. The third kappa shape index (κ3) is 5.97. The van der Waals surface area contributed by atoms with Crippen molar-refractivity contribution in [1.82, 2.24) is 14.5 Å². The van der Waals surface area contributed by atoms with Crippen molar-refractivity contribution in [3.63, 3.8) is 0 Å². The molecule has 0 fully saturated rings. The fourth-order valence-corrected chi connectivity index (χ4v) is 4.43. The normalized spacial score (nSPS) is 11.2. The Morgan fingerprint density at radius 3 is 2.56 bits per heavy atom. The van der Waals surface area contributed by atoms with Crippen molar-refractivity contribution in [1.29, 1.82) is 0 Å². The molecule has 0 aliphatic rings. The molecule has 0 amide bonds. The highest BCUT2D eigenvalue weighted by molar-refractivity contribution is 5.92. The van der Waals surface area contributed by atoms with Crippen LogP contribution in [0.3, 0.4) is 0 Å². The number of nitrogens with zero attached hydrogens (tertiary/aromatic N) is 3. The maximum atomic E-state index is 14.2. The zero-order chi connectivity index (χ0) is 27.4. The second-order valence-corrected chi connectivity index (χ2v) is 9.30. The molecule has 7 nitrogen and oxygen atoms in total. The standard InChI is InChI=1S/C31H28FN3O4/c1-20-6-9-24(25(32)16-20)19-39-30-5-3-4-26(34-30)22-10-7-21(8-11-22)17-29-33-27-13-12-23(31(36)37)18-28(27)35(29)14-15-38-2/h3-13,16,18H,14-15,17,19H2,1-2H3,(H,36,37). The van der Waals surface area contributed by atoms with Gasteiger partial charge in [0.15, 0.2) is 0 Å². The van der Waals surface area contributed by atoms with E-state index in [0.717, 1.165) is 39.2 Å². The van der Waals surface area contributed by atoms with Crippen molar-refractivity contribution in [3.05, 3.63) is 113 Å². The van der Waals surface area contributed by atoms with Gasteiger partial charge in [-0.05, 0) is 48.4 Å². The lowest BCUT2D eigenvalue weighted by Crippen LogP contribution is -2.09. The molecule has 0 saturated heterocycles. The number of imidazole rings is 1. The first-order valence-electron chi connectivity index (χ1n) is 12.6. The fraction of sp³-hybridized carbons (Fsp3) is 0.194. The molecule has 0 bridgehead atoms. The van der Waals surface area contributed by atoms with Crippen LogP contribution in [0.15, 0.2) is 78.9 Å². The van der Waals surface area contributed by atoms with Crippen LogP contribution >= 0.6 is 0 Å². The summed E-state index contributed by atoms with van der Waals surface area (Å²) < 4.78 is 27.2. The fourth-order valence-electron chi connectivity index (χ4n) is 4.43. The van der Waals surface area contributed by atoms with E-state index in [1.807, 2.05) is 54.0 Å². The zero-order valence-corrected chi connectivity index (χ0v) is 21.7. The van der Waals surface area contributed by atoms with E-state index in [1.165, 1.54) is 6.07 Å². The number of aryl methyl sites for hydroxylation is 1. The van der Waals surface area contributed by atoms with Crippen molar-refractivity contribution in [2.45, 2.75) is 26.5 Å². The number of fused-ring (bicyclic) bond motifs is 1. The van der Waals surface area contributed by atoms with E-state index < -0.39 is 5.97 Å². The molecule has 8 heteroatoms. The number of ether oxygens (including phenoxy) is 2. The van der Waals surface area contributed by atoms with Crippen LogP contribution in [0.4, 0.5) is 4.39 Å². The van der Waals surface area contributed by atoms with Crippen molar-refractivity contribution in [2.75, 3.05) is 13.7 Å². The number of rotatable bonds is 10. The van der Waals surface area contributed by atoms with Crippen LogP contribution in [0.5, 0.6) is 5.88 Å². The maximum Gasteiger partial charge on any atom is 0.335 e. The van der Waals surface area contributed by atoms with E-state index in [-0.39, 0.29) is 18.0 Å². The molecule has 2 aromatic heterocycles. The molecule has 3 aromatic carbocycles. The minimum atomic E-state index is -0.973. The molecule has 5 rings (SSSR count). The molecule has 0 radical (unpaired) electrons. The van der Waals surface area contributed by atoms with Crippen molar-refractivity contribution < 1.29 is 23.8 Å². The first-order chi connectivity index (χ1) is 18.9. The predicted molar refractivity (Wildman–Crippen MR) is 147 cm³/mol. The number of aromatic carboxylic acids is 1. The molecular formula is C31H28FN3O4. The summed E-state index contributed by atoms with van der Waals surface area (Å²) >= 11 is 0. The van der Waals surface area contributed by atoms with Crippen LogP contribution < -0.4 is 4.74 Å². The van der Waals surface area contributed by atoms with Gasteiger partial charge in [0.25, 0.3) is 0 Å². The molecule has 2 heterocycles. The number of carboxylic acids is 1. The summed E-state index contributed by atoms with van der Waals surface area (Å²) in [4.78, 5) is 20.8. The summed E-state index contributed by atoms with van der Waals surface area (Å²) in [5.74, 6) is -0.0166. The van der Waals surface area contributed by atoms with Crippen molar-refractivity contribution in [2.24, 2.45) is 0 Å². The SMILES string of the molecule is COCCn1c(Cc2ccc(-c3cccc(OCc4ccc(C)cc4F)n3)cc2)nc2ccc(C(=O)O)cc21. The number of benzene rings is 3. The smallest absolute Gasteiger partial charge is 0.335 e. The Kier molecular flexibility index (Phi) is 7.65. The van der Waals surface area contributed by atoms with Crippen molar-refractivity contribution >= 4 is 17.0 Å². The number of carbonyl (C=O) groups is 1. The van der Waals surface area contributed by atoms with Crippen LogP contribution in [0.25, 0.3) is 22.3 Å². The number of carboxylic acid groups (broad SMARTS) is 1. The van der Waals surface area contributed by atoms with Crippen LogP contribution in [0.1, 0.15) is 32.9 Å². The molecule has 0 saturated carbocycles. The number of hydrogen-bond acceptors (Lipinski definition) is 5. The second-order valence-electron chi connectivity index (χ2n) is 9.30. The van der Waals surface area contributed by atoms with Gasteiger partial charge in [-0.3, -0.25) is 0 Å². The topological polar surface area (TPSA) is 86.5 Å². The van der Waals surface area contributed by atoms with E-state index in [2.05, 4.69) is 4.98 Å². The predicted octanol–water partition coefficient (Wildman–Crippen LogP) is 6.06. The lowest BCUT2D eigenvalue weighted by atomic mass is 10.1. The quantitative estimate of drug-likeness (QED) is 0.239. The Labute approximate surface area is 225 Å². The average Bonchev–Trinajstić information content (AvgIpc) is 3.27. The van der Waals surface area contributed by atoms with Gasteiger partial charge >= 0.3 is 5.97 Å². The highest BCUT2D eigenvalue weighted by Gasteiger charge is 2.14. The van der Waals surface area contributed by atoms with Gasteiger partial charge in [0.1, 0.15) is 18.2 Å². The number of hydrogen-bond donors (Lipinski definition) is 1. The third-order valence-electron chi connectivity index (χ3n) is 6.51. The summed E-state index contributed by atoms with van der Waals surface area (Å²) in [7, 11) is 1.63. The van der Waals surface area contributed by atoms with Gasteiger partial charge in [0.2, 0.25) is 5.88 Å². The molecule has 5 aromatic rings. The van der Waals surface area contributed by atoms with Crippen LogP contribution in [-0.2, 0) is 24.3 Å². The largest absolute Gasteiger partial charge is 0.478 e. The summed E-state index contributed by atoms with van der Waals surface area (Å²) in [5, 5.41) is 9.41. The second kappa shape index (κ2) is 11.4. The molecule has 0 aliphatic heterocycles. The average molecular weight is 526 g/mol. The van der Waals surface area contributed by atoms with Gasteiger partial charge in [-0.25, -0.2) is 19.2 Å². The molecule has 0 atom stereocenters. The van der Waals surface area contributed by atoms with E-state index in [1.54, 1.807) is 37.4 Å². The molecule has 0 aliphatic carbocycles. The number of halogens is 1. The number of aromatic nitrogens is 3. The summed E-state index contributed by atoms with van der Waals surface area (Å²) in [6.45, 7) is 2.99. The van der Waals surface area contributed by atoms with Gasteiger partial charge < -0.3 is 19.1 Å². The number of pyridine rings is 1. The van der Waals surface area contributed by atoms with E-state index in [4.69, 9.17) is 14.5 Å². The summed E-state index contributed by atoms with van der Waals surface area (Å²) in [6.07, 6.45) is 0.569. The van der Waals surface area contributed by atoms with Gasteiger partial charge in [0, 0.05) is 37.3 Å². The zero-order valence-electron chi connectivity index (χ0n) is 21.7. The van der Waals surface area contributed by atoms with Gasteiger partial charge in [-0.2, -0.15) is 0 Å². The van der Waals surface area contributed by atoms with Gasteiger partial charge in [-0.15, -0.1) is 0 Å². The van der Waals surface area contributed by atoms with E-state index in [9.17, 15) is 14.3 Å². The minimum absolute atomic E-state index is 0.0968. The lowest BCUT2D eigenvalue weighted by molar-refractivity contribution is 0.0697. The van der Waals surface area contributed by atoms with Gasteiger partial charge in [-0.1, -0.05) is 42.5 Å². The summed E-state index contributed by atoms with van der Waals surface area (Å²) in [6, 6.07) is 23.6.